The molecule has 0 aromatic heterocycles. The van der Waals surface area contributed by atoms with Gasteiger partial charge in [0.1, 0.15) is 11.6 Å². The summed E-state index contributed by atoms with van der Waals surface area (Å²) >= 11 is 0. The maximum absolute atomic E-state index is 13.5. The highest BCUT2D eigenvalue weighted by Crippen LogP contribution is 2.29. The van der Waals surface area contributed by atoms with E-state index in [0.717, 1.165) is 12.1 Å². The van der Waals surface area contributed by atoms with Crippen LogP contribution in [0.5, 0.6) is 11.5 Å². The molecule has 1 atom stereocenters. The zero-order valence-corrected chi connectivity index (χ0v) is 12.0. The van der Waals surface area contributed by atoms with Crippen molar-refractivity contribution in [2.45, 2.75) is 12.6 Å². The van der Waals surface area contributed by atoms with E-state index in [9.17, 15) is 19.0 Å². The van der Waals surface area contributed by atoms with E-state index in [-0.39, 0.29) is 24.4 Å². The summed E-state index contributed by atoms with van der Waals surface area (Å²) in [5, 5.41) is 22.7. The molecule has 0 saturated carbocycles. The highest BCUT2D eigenvalue weighted by atomic mass is 19.1. The lowest BCUT2D eigenvalue weighted by Crippen LogP contribution is -2.22. The lowest BCUT2D eigenvalue weighted by molar-refractivity contribution is 0.164. The molecular weight excluding hydrogens is 292 g/mol. The van der Waals surface area contributed by atoms with Gasteiger partial charge in [-0.15, -0.1) is 0 Å². The summed E-state index contributed by atoms with van der Waals surface area (Å²) < 4.78 is 32.0. The molecule has 22 heavy (non-hydrogen) atoms. The van der Waals surface area contributed by atoms with Gasteiger partial charge in [-0.05, 0) is 18.2 Å². The Kier molecular flexibility index (Phi) is 5.30. The number of phenolic OH excluding ortho intramolecular Hbond substituents is 1. The Hall–Kier alpha value is -2.18. The molecule has 0 heterocycles. The first kappa shape index (κ1) is 16.2. The van der Waals surface area contributed by atoms with Gasteiger partial charge in [-0.1, -0.05) is 18.2 Å². The number of nitrogens with one attached hydrogen (secondary N) is 1. The van der Waals surface area contributed by atoms with Crippen molar-refractivity contribution in [1.82, 2.24) is 5.32 Å². The topological polar surface area (TPSA) is 61.7 Å². The second kappa shape index (κ2) is 7.20. The summed E-state index contributed by atoms with van der Waals surface area (Å²) in [5.74, 6) is -1.26. The predicted octanol–water partition coefficient (Wildman–Crippen LogP) is 2.50. The van der Waals surface area contributed by atoms with E-state index in [1.165, 1.54) is 13.2 Å². The van der Waals surface area contributed by atoms with Crippen molar-refractivity contribution in [2.24, 2.45) is 0 Å². The van der Waals surface area contributed by atoms with Gasteiger partial charge in [-0.2, -0.15) is 0 Å². The Balaban J connectivity index is 1.99. The number of hydrogen-bond donors (Lipinski definition) is 3. The van der Waals surface area contributed by atoms with Gasteiger partial charge in [-0.3, -0.25) is 0 Å². The lowest BCUT2D eigenvalue weighted by atomic mass is 10.1. The number of methoxy groups -OCH3 is 1. The molecule has 0 aliphatic carbocycles. The average Bonchev–Trinajstić information content (AvgIpc) is 2.49. The number of rotatable bonds is 6. The van der Waals surface area contributed by atoms with Gasteiger partial charge in [0.15, 0.2) is 11.5 Å². The molecule has 0 saturated heterocycles. The van der Waals surface area contributed by atoms with Gasteiger partial charge >= 0.3 is 0 Å². The van der Waals surface area contributed by atoms with Crippen molar-refractivity contribution in [1.29, 1.82) is 0 Å². The van der Waals surface area contributed by atoms with Crippen LogP contribution in [0.4, 0.5) is 8.78 Å². The minimum atomic E-state index is -1.33. The summed E-state index contributed by atoms with van der Waals surface area (Å²) in [6.45, 7) is 0.157. The van der Waals surface area contributed by atoms with Crippen LogP contribution in [0.25, 0.3) is 0 Å². The van der Waals surface area contributed by atoms with Gasteiger partial charge in [0, 0.05) is 18.7 Å². The van der Waals surface area contributed by atoms with Crippen LogP contribution in [0.2, 0.25) is 0 Å². The van der Waals surface area contributed by atoms with Crippen LogP contribution in [-0.2, 0) is 6.54 Å². The zero-order valence-electron chi connectivity index (χ0n) is 12.0. The van der Waals surface area contributed by atoms with Crippen LogP contribution >= 0.6 is 0 Å². The maximum Gasteiger partial charge on any atom is 0.162 e. The van der Waals surface area contributed by atoms with Crippen molar-refractivity contribution in [3.63, 3.8) is 0 Å². The van der Waals surface area contributed by atoms with E-state index < -0.39 is 17.7 Å². The van der Waals surface area contributed by atoms with Crippen molar-refractivity contribution >= 4 is 0 Å². The number of benzene rings is 2. The van der Waals surface area contributed by atoms with Gasteiger partial charge in [0.2, 0.25) is 0 Å². The van der Waals surface area contributed by atoms with E-state index in [0.29, 0.717) is 11.3 Å². The number of aliphatic hydroxyl groups is 1. The smallest absolute Gasteiger partial charge is 0.162 e. The van der Waals surface area contributed by atoms with E-state index in [1.54, 1.807) is 18.2 Å². The molecule has 4 nitrogen and oxygen atoms in total. The lowest BCUT2D eigenvalue weighted by Gasteiger charge is -2.15. The van der Waals surface area contributed by atoms with E-state index in [4.69, 9.17) is 4.74 Å². The molecule has 2 rings (SSSR count). The largest absolute Gasteiger partial charge is 0.504 e. The number of ether oxygens (including phenoxy) is 1. The number of halogens is 2. The standard InChI is InChI=1S/C16H17F2NO3/c1-22-14-7-2-4-10(16(14)21)8-19-9-13(20)15-11(17)5-3-6-12(15)18/h2-7,13,19-21H,8-9H2,1H3. The molecule has 2 aromatic carbocycles. The van der Waals surface area contributed by atoms with Crippen LogP contribution in [0, 0.1) is 11.6 Å². The number of hydrogen-bond acceptors (Lipinski definition) is 4. The molecule has 0 spiro atoms. The third kappa shape index (κ3) is 3.52. The van der Waals surface area contributed by atoms with Crippen LogP contribution in [0.1, 0.15) is 17.2 Å². The third-order valence-corrected chi connectivity index (χ3v) is 3.29. The minimum absolute atomic E-state index is 0.0101. The van der Waals surface area contributed by atoms with Gasteiger partial charge in [-0.25, -0.2) is 8.78 Å². The normalized spacial score (nSPS) is 12.2. The second-order valence-corrected chi connectivity index (χ2v) is 4.75. The van der Waals surface area contributed by atoms with Crippen LogP contribution in [0.15, 0.2) is 36.4 Å². The molecule has 1 unspecified atom stereocenters. The fourth-order valence-corrected chi connectivity index (χ4v) is 2.15. The monoisotopic (exact) mass is 309 g/mol. The van der Waals surface area contributed by atoms with E-state index >= 15 is 0 Å². The fourth-order valence-electron chi connectivity index (χ4n) is 2.15. The first-order valence-electron chi connectivity index (χ1n) is 6.72. The Morgan fingerprint density at radius 1 is 1.14 bits per heavy atom. The predicted molar refractivity (Wildman–Crippen MR) is 77.7 cm³/mol. The summed E-state index contributed by atoms with van der Waals surface area (Å²) in [6, 6.07) is 8.43. The zero-order chi connectivity index (χ0) is 16.1. The van der Waals surface area contributed by atoms with Crippen molar-refractivity contribution in [3.05, 3.63) is 59.2 Å². The SMILES string of the molecule is COc1cccc(CNCC(O)c2c(F)cccc2F)c1O. The molecule has 2 aromatic rings. The van der Waals surface area contributed by atoms with E-state index in [2.05, 4.69) is 5.32 Å². The Labute approximate surface area is 127 Å². The van der Waals surface area contributed by atoms with Crippen LogP contribution in [-0.4, -0.2) is 23.9 Å². The number of para-hydroxylation sites is 1. The Morgan fingerprint density at radius 3 is 2.41 bits per heavy atom. The fraction of sp³-hybridized carbons (Fsp3) is 0.250. The van der Waals surface area contributed by atoms with Crippen molar-refractivity contribution in [2.75, 3.05) is 13.7 Å². The Bertz CT molecular complexity index is 629. The molecule has 0 bridgehead atoms. The molecule has 0 radical (unpaired) electrons. The molecular formula is C16H17F2NO3. The van der Waals surface area contributed by atoms with Gasteiger partial charge in [0.25, 0.3) is 0 Å². The molecule has 0 aliphatic rings. The first-order chi connectivity index (χ1) is 10.5. The molecule has 0 amide bonds. The summed E-state index contributed by atoms with van der Waals surface area (Å²) in [5.41, 5.74) is 0.186. The summed E-state index contributed by atoms with van der Waals surface area (Å²) in [7, 11) is 1.44. The number of aliphatic hydroxyl groups excluding tert-OH is 1. The molecule has 6 heteroatoms. The molecule has 0 fully saturated rings. The minimum Gasteiger partial charge on any atom is -0.504 e. The highest BCUT2D eigenvalue weighted by Gasteiger charge is 2.17. The molecule has 0 aliphatic heterocycles. The van der Waals surface area contributed by atoms with Gasteiger partial charge < -0.3 is 20.3 Å². The van der Waals surface area contributed by atoms with Gasteiger partial charge in [0.05, 0.1) is 18.8 Å². The molecule has 3 N–H and O–H groups in total. The Morgan fingerprint density at radius 2 is 1.77 bits per heavy atom. The van der Waals surface area contributed by atoms with E-state index in [1.807, 2.05) is 0 Å². The third-order valence-electron chi connectivity index (χ3n) is 3.29. The van der Waals surface area contributed by atoms with Crippen LogP contribution < -0.4 is 10.1 Å². The van der Waals surface area contributed by atoms with Crippen LogP contribution in [0.3, 0.4) is 0 Å². The van der Waals surface area contributed by atoms with Crippen molar-refractivity contribution in [3.8, 4) is 11.5 Å². The summed E-state index contributed by atoms with van der Waals surface area (Å²) in [6.07, 6.45) is -1.33. The average molecular weight is 309 g/mol. The number of aromatic hydroxyl groups is 1. The van der Waals surface area contributed by atoms with Crippen molar-refractivity contribution < 1.29 is 23.7 Å². The molecule has 118 valence electrons. The summed E-state index contributed by atoms with van der Waals surface area (Å²) in [4.78, 5) is 0. The maximum atomic E-state index is 13.5. The number of phenols is 1. The first-order valence-corrected chi connectivity index (χ1v) is 6.72. The highest BCUT2D eigenvalue weighted by molar-refractivity contribution is 5.45. The quantitative estimate of drug-likeness (QED) is 0.767. The second-order valence-electron chi connectivity index (χ2n) is 4.75.